The van der Waals surface area contributed by atoms with E-state index >= 15 is 0 Å². The lowest BCUT2D eigenvalue weighted by atomic mass is 10.0. The summed E-state index contributed by atoms with van der Waals surface area (Å²) < 4.78 is 24.7. The van der Waals surface area contributed by atoms with Gasteiger partial charge in [0.25, 0.3) is 0 Å². The van der Waals surface area contributed by atoms with Gasteiger partial charge in [0.15, 0.2) is 11.6 Å². The van der Waals surface area contributed by atoms with Gasteiger partial charge in [0.05, 0.1) is 5.60 Å². The minimum atomic E-state index is -0.511. The van der Waals surface area contributed by atoms with Crippen molar-refractivity contribution in [2.45, 2.75) is 71.4 Å². The van der Waals surface area contributed by atoms with Crippen LogP contribution in [0.5, 0.6) is 5.75 Å². The van der Waals surface area contributed by atoms with Crippen molar-refractivity contribution in [3.8, 4) is 5.75 Å². The average molecular weight is 339 g/mol. The molecule has 1 aromatic rings. The third kappa shape index (κ3) is 7.88. The van der Waals surface area contributed by atoms with Gasteiger partial charge in [-0.15, -0.1) is 0 Å². The number of aryl methyl sites for hydroxylation is 1. The second kappa shape index (κ2) is 8.58. The third-order valence-corrected chi connectivity index (χ3v) is 3.80. The first kappa shape index (κ1) is 20.6. The van der Waals surface area contributed by atoms with Crippen LogP contribution in [-0.2, 0) is 16.0 Å². The van der Waals surface area contributed by atoms with E-state index in [1.54, 1.807) is 6.07 Å². The summed E-state index contributed by atoms with van der Waals surface area (Å²) in [5, 5.41) is 0. The lowest BCUT2D eigenvalue weighted by Crippen LogP contribution is -2.35. The number of ether oxygens (including phenoxy) is 2. The molecule has 0 amide bonds. The zero-order valence-electron chi connectivity index (χ0n) is 15.4. The Balaban J connectivity index is 2.45. The molecule has 0 heterocycles. The van der Waals surface area contributed by atoms with Gasteiger partial charge in [-0.3, -0.25) is 4.79 Å². The Kier molecular flexibility index (Phi) is 7.36. The second-order valence-corrected chi connectivity index (χ2v) is 7.44. The van der Waals surface area contributed by atoms with E-state index in [9.17, 15) is 9.18 Å². The normalized spacial score (nSPS) is 12.3. The van der Waals surface area contributed by atoms with Gasteiger partial charge in [-0.2, -0.15) is 0 Å². The van der Waals surface area contributed by atoms with Gasteiger partial charge >= 0.3 is 5.97 Å². The highest BCUT2D eigenvalue weighted by atomic mass is 19.1. The maximum atomic E-state index is 13.8. The number of nitrogens with two attached hydrogens (primary N) is 1. The lowest BCUT2D eigenvalue weighted by Gasteiger charge is -2.27. The zero-order chi connectivity index (χ0) is 18.4. The summed E-state index contributed by atoms with van der Waals surface area (Å²) in [6.45, 7) is 10.2. The molecule has 24 heavy (non-hydrogen) atoms. The van der Waals surface area contributed by atoms with Crippen LogP contribution in [0.3, 0.4) is 0 Å². The highest BCUT2D eigenvalue weighted by Crippen LogP contribution is 2.22. The molecule has 0 unspecified atom stereocenters. The minimum Gasteiger partial charge on any atom is -0.423 e. The van der Waals surface area contributed by atoms with Crippen LogP contribution in [0.2, 0.25) is 0 Å². The lowest BCUT2D eigenvalue weighted by molar-refractivity contribution is -0.136. The fourth-order valence-corrected chi connectivity index (χ4v) is 2.09. The predicted octanol–water partition coefficient (Wildman–Crippen LogP) is 4.00. The number of rotatable bonds is 9. The molecular formula is C19H30FNO3. The van der Waals surface area contributed by atoms with Crippen molar-refractivity contribution in [2.75, 3.05) is 6.61 Å². The van der Waals surface area contributed by atoms with E-state index in [2.05, 4.69) is 0 Å². The molecule has 0 spiro atoms. The summed E-state index contributed by atoms with van der Waals surface area (Å²) in [7, 11) is 0. The molecule has 136 valence electrons. The van der Waals surface area contributed by atoms with E-state index in [1.807, 2.05) is 34.6 Å². The van der Waals surface area contributed by atoms with Gasteiger partial charge in [0, 0.05) is 18.6 Å². The number of benzene rings is 1. The number of carbonyl (C=O) groups excluding carboxylic acids is 1. The van der Waals surface area contributed by atoms with Crippen LogP contribution in [0.25, 0.3) is 0 Å². The van der Waals surface area contributed by atoms with Crippen molar-refractivity contribution in [1.29, 1.82) is 0 Å². The van der Waals surface area contributed by atoms with Gasteiger partial charge in [-0.05, 0) is 64.7 Å². The molecule has 0 bridgehead atoms. The van der Waals surface area contributed by atoms with Gasteiger partial charge in [0.2, 0.25) is 0 Å². The Bertz CT molecular complexity index is 550. The molecule has 0 fully saturated rings. The molecule has 0 aromatic heterocycles. The molecule has 2 N–H and O–H groups in total. The average Bonchev–Trinajstić information content (AvgIpc) is 2.46. The molecule has 0 radical (unpaired) electrons. The number of carbonyl (C=O) groups is 1. The van der Waals surface area contributed by atoms with Crippen molar-refractivity contribution in [2.24, 2.45) is 5.73 Å². The van der Waals surface area contributed by atoms with E-state index in [4.69, 9.17) is 15.2 Å². The molecule has 4 nitrogen and oxygen atoms in total. The predicted molar refractivity (Wildman–Crippen MR) is 93.6 cm³/mol. The number of halogens is 1. The molecule has 0 saturated heterocycles. The van der Waals surface area contributed by atoms with Gasteiger partial charge in [-0.1, -0.05) is 13.0 Å². The highest BCUT2D eigenvalue weighted by molar-refractivity contribution is 5.72. The first-order valence-electron chi connectivity index (χ1n) is 8.44. The van der Waals surface area contributed by atoms with Crippen molar-refractivity contribution in [3.05, 3.63) is 29.6 Å². The van der Waals surface area contributed by atoms with Crippen LogP contribution in [0.15, 0.2) is 18.2 Å². The topological polar surface area (TPSA) is 61.5 Å². The summed E-state index contributed by atoms with van der Waals surface area (Å²) in [5.74, 6) is -1.00. The Morgan fingerprint density at radius 1 is 1.21 bits per heavy atom. The van der Waals surface area contributed by atoms with Gasteiger partial charge < -0.3 is 15.2 Å². The summed E-state index contributed by atoms with van der Waals surface area (Å²) in [4.78, 5) is 11.9. The van der Waals surface area contributed by atoms with Crippen molar-refractivity contribution in [1.82, 2.24) is 0 Å². The summed E-state index contributed by atoms with van der Waals surface area (Å²) in [6.07, 6.45) is 2.12. The number of hydrogen-bond acceptors (Lipinski definition) is 4. The Labute approximate surface area is 144 Å². The van der Waals surface area contributed by atoms with E-state index in [0.29, 0.717) is 13.0 Å². The van der Waals surface area contributed by atoms with Crippen LogP contribution < -0.4 is 10.5 Å². The van der Waals surface area contributed by atoms with Gasteiger partial charge in [0.1, 0.15) is 0 Å². The maximum Gasteiger partial charge on any atom is 0.311 e. The SMILES string of the molecule is CCc1ccc(OC(=O)CCC(C)(C)OCCC(C)(C)N)c(F)c1. The highest BCUT2D eigenvalue weighted by Gasteiger charge is 2.22. The van der Waals surface area contributed by atoms with Crippen LogP contribution in [-0.4, -0.2) is 23.7 Å². The molecule has 0 atom stereocenters. The summed E-state index contributed by atoms with van der Waals surface area (Å²) in [6, 6.07) is 4.65. The summed E-state index contributed by atoms with van der Waals surface area (Å²) >= 11 is 0. The molecule has 0 aliphatic rings. The standard InChI is InChI=1S/C19H30FNO3/c1-6-14-7-8-16(15(20)13-14)24-17(22)9-10-19(4,5)23-12-11-18(2,3)21/h7-8,13H,6,9-12,21H2,1-5H3. The fourth-order valence-electron chi connectivity index (χ4n) is 2.09. The van der Waals surface area contributed by atoms with E-state index in [-0.39, 0.29) is 17.7 Å². The molecule has 0 aliphatic heterocycles. The quantitative estimate of drug-likeness (QED) is 0.546. The number of hydrogen-bond donors (Lipinski definition) is 1. The molecular weight excluding hydrogens is 309 g/mol. The van der Waals surface area contributed by atoms with Crippen molar-refractivity contribution in [3.63, 3.8) is 0 Å². The van der Waals surface area contributed by atoms with Crippen LogP contribution in [0, 0.1) is 5.82 Å². The van der Waals surface area contributed by atoms with Crippen LogP contribution in [0.4, 0.5) is 4.39 Å². The third-order valence-electron chi connectivity index (χ3n) is 3.80. The molecule has 1 rings (SSSR count). The largest absolute Gasteiger partial charge is 0.423 e. The molecule has 0 saturated carbocycles. The Morgan fingerprint density at radius 2 is 1.88 bits per heavy atom. The smallest absolute Gasteiger partial charge is 0.311 e. The molecule has 1 aromatic carbocycles. The minimum absolute atomic E-state index is 0.0270. The monoisotopic (exact) mass is 339 g/mol. The second-order valence-electron chi connectivity index (χ2n) is 7.44. The fraction of sp³-hybridized carbons (Fsp3) is 0.632. The first-order valence-corrected chi connectivity index (χ1v) is 8.44. The van der Waals surface area contributed by atoms with E-state index in [0.717, 1.165) is 18.4 Å². The molecule has 0 aliphatic carbocycles. The van der Waals surface area contributed by atoms with Crippen LogP contribution in [0.1, 0.15) is 59.4 Å². The maximum absolute atomic E-state index is 13.8. The molecule has 5 heteroatoms. The van der Waals surface area contributed by atoms with E-state index < -0.39 is 17.4 Å². The Hall–Kier alpha value is -1.46. The van der Waals surface area contributed by atoms with E-state index in [1.165, 1.54) is 12.1 Å². The number of esters is 1. The van der Waals surface area contributed by atoms with Crippen LogP contribution >= 0.6 is 0 Å². The summed E-state index contributed by atoms with van der Waals surface area (Å²) in [5.41, 5.74) is 6.04. The zero-order valence-corrected chi connectivity index (χ0v) is 15.4. The van der Waals surface area contributed by atoms with Crippen molar-refractivity contribution >= 4 is 5.97 Å². The van der Waals surface area contributed by atoms with Crippen molar-refractivity contribution < 1.29 is 18.7 Å². The van der Waals surface area contributed by atoms with Gasteiger partial charge in [-0.25, -0.2) is 4.39 Å². The first-order chi connectivity index (χ1) is 11.0. The Morgan fingerprint density at radius 3 is 2.42 bits per heavy atom.